The van der Waals surface area contributed by atoms with Crippen LogP contribution in [0.2, 0.25) is 0 Å². The second-order valence-electron chi connectivity index (χ2n) is 5.56. The molecule has 2 aromatic heterocycles. The van der Waals surface area contributed by atoms with E-state index in [2.05, 4.69) is 31.0 Å². The number of nitriles is 1. The molecule has 0 saturated carbocycles. The zero-order chi connectivity index (χ0) is 15.7. The number of hydrogen-bond donors (Lipinski definition) is 0. The highest BCUT2D eigenvalue weighted by Gasteiger charge is 2.31. The van der Waals surface area contributed by atoms with E-state index < -0.39 is 0 Å². The van der Waals surface area contributed by atoms with Gasteiger partial charge in [-0.15, -0.1) is 0 Å². The molecule has 3 rings (SSSR count). The Bertz CT molecular complexity index is 719. The molecule has 0 aromatic carbocycles. The van der Waals surface area contributed by atoms with Crippen molar-refractivity contribution < 1.29 is 4.52 Å². The van der Waals surface area contributed by atoms with E-state index in [0.29, 0.717) is 23.8 Å². The van der Waals surface area contributed by atoms with Crippen molar-refractivity contribution in [3.63, 3.8) is 0 Å². The van der Waals surface area contributed by atoms with Crippen LogP contribution < -0.4 is 4.90 Å². The number of rotatable bonds is 2. The molecular formula is C15H18N6O. The number of pyridine rings is 1. The molecule has 3 heterocycles. The molecule has 22 heavy (non-hydrogen) atoms. The second kappa shape index (κ2) is 5.73. The van der Waals surface area contributed by atoms with Gasteiger partial charge in [0.15, 0.2) is 5.82 Å². The summed E-state index contributed by atoms with van der Waals surface area (Å²) in [5.74, 6) is 1.97. The largest absolute Gasteiger partial charge is 0.352 e. The second-order valence-corrected chi connectivity index (χ2v) is 5.56. The first-order valence-electron chi connectivity index (χ1n) is 7.21. The molecule has 1 aliphatic rings. The summed E-state index contributed by atoms with van der Waals surface area (Å²) < 4.78 is 5.32. The molecule has 114 valence electrons. The minimum atomic E-state index is 0.00352. The van der Waals surface area contributed by atoms with E-state index in [0.717, 1.165) is 24.5 Å². The van der Waals surface area contributed by atoms with Crippen molar-refractivity contribution >= 4 is 5.82 Å². The summed E-state index contributed by atoms with van der Waals surface area (Å²) in [6, 6.07) is 4.12. The van der Waals surface area contributed by atoms with Gasteiger partial charge < -0.3 is 9.42 Å². The minimum absolute atomic E-state index is 0.00352. The molecule has 2 aromatic rings. The van der Waals surface area contributed by atoms with E-state index in [1.165, 1.54) is 0 Å². The monoisotopic (exact) mass is 298 g/mol. The number of nitrogens with zero attached hydrogens (tertiary/aromatic N) is 6. The summed E-state index contributed by atoms with van der Waals surface area (Å²) in [6.07, 6.45) is 1.75. The fourth-order valence-corrected chi connectivity index (χ4v) is 2.70. The summed E-state index contributed by atoms with van der Waals surface area (Å²) in [4.78, 5) is 13.1. The normalized spacial score (nSPS) is 19.2. The highest BCUT2D eigenvalue weighted by atomic mass is 16.5. The molecule has 0 bridgehead atoms. The van der Waals surface area contributed by atoms with Gasteiger partial charge in [0.1, 0.15) is 17.9 Å². The van der Waals surface area contributed by atoms with E-state index in [1.807, 2.05) is 27.0 Å². The zero-order valence-corrected chi connectivity index (χ0v) is 12.9. The van der Waals surface area contributed by atoms with Gasteiger partial charge in [-0.1, -0.05) is 5.16 Å². The first kappa shape index (κ1) is 14.5. The summed E-state index contributed by atoms with van der Waals surface area (Å²) in [5.41, 5.74) is 1.57. The van der Waals surface area contributed by atoms with E-state index in [1.54, 1.807) is 6.20 Å². The Kier molecular flexibility index (Phi) is 3.77. The number of piperazine rings is 1. The Balaban J connectivity index is 1.91. The lowest BCUT2D eigenvalue weighted by molar-refractivity contribution is 0.177. The average molecular weight is 298 g/mol. The molecule has 0 aliphatic carbocycles. The number of anilines is 1. The van der Waals surface area contributed by atoms with Crippen molar-refractivity contribution in [3.05, 3.63) is 35.1 Å². The van der Waals surface area contributed by atoms with Crippen molar-refractivity contribution in [2.24, 2.45) is 0 Å². The highest BCUT2D eigenvalue weighted by Crippen LogP contribution is 2.28. The topological polar surface area (TPSA) is 82.1 Å². The Hall–Kier alpha value is -2.46. The van der Waals surface area contributed by atoms with Gasteiger partial charge in [-0.3, -0.25) is 4.90 Å². The van der Waals surface area contributed by atoms with Crippen LogP contribution in [0.15, 0.2) is 16.8 Å². The van der Waals surface area contributed by atoms with E-state index in [9.17, 15) is 5.26 Å². The van der Waals surface area contributed by atoms with Crippen molar-refractivity contribution in [1.29, 1.82) is 5.26 Å². The molecule has 0 spiro atoms. The number of hydrogen-bond acceptors (Lipinski definition) is 7. The quantitative estimate of drug-likeness (QED) is 0.829. The van der Waals surface area contributed by atoms with Crippen LogP contribution in [0.4, 0.5) is 5.82 Å². The zero-order valence-electron chi connectivity index (χ0n) is 12.9. The van der Waals surface area contributed by atoms with Crippen LogP contribution in [0.3, 0.4) is 0 Å². The van der Waals surface area contributed by atoms with Gasteiger partial charge in [-0.2, -0.15) is 10.2 Å². The third-order valence-electron chi connectivity index (χ3n) is 4.03. The first-order chi connectivity index (χ1) is 10.6. The van der Waals surface area contributed by atoms with Crippen molar-refractivity contribution in [2.75, 3.05) is 31.6 Å². The molecule has 1 unspecified atom stereocenters. The van der Waals surface area contributed by atoms with Gasteiger partial charge in [-0.25, -0.2) is 4.98 Å². The lowest BCUT2D eigenvalue weighted by atomic mass is 10.1. The Labute approximate surface area is 129 Å². The predicted octanol–water partition coefficient (Wildman–Crippen LogP) is 1.45. The Morgan fingerprint density at radius 3 is 2.86 bits per heavy atom. The van der Waals surface area contributed by atoms with Crippen LogP contribution in [0.25, 0.3) is 0 Å². The van der Waals surface area contributed by atoms with Crippen LogP contribution in [0.1, 0.15) is 28.9 Å². The van der Waals surface area contributed by atoms with Gasteiger partial charge in [-0.05, 0) is 32.5 Å². The highest BCUT2D eigenvalue weighted by molar-refractivity contribution is 5.57. The van der Waals surface area contributed by atoms with Crippen molar-refractivity contribution in [2.45, 2.75) is 19.9 Å². The Morgan fingerprint density at radius 1 is 1.36 bits per heavy atom. The third kappa shape index (κ3) is 2.53. The summed E-state index contributed by atoms with van der Waals surface area (Å²) >= 11 is 0. The molecule has 1 atom stereocenters. The molecule has 1 fully saturated rings. The van der Waals surface area contributed by atoms with Gasteiger partial charge in [0.25, 0.3) is 0 Å². The van der Waals surface area contributed by atoms with E-state index in [-0.39, 0.29) is 6.04 Å². The SMILES string of the molecule is Cc1noc(C2CN(c3nccc(C)c3C#N)CCN2C)n1. The van der Waals surface area contributed by atoms with Crippen LogP contribution >= 0.6 is 0 Å². The molecule has 7 nitrogen and oxygen atoms in total. The standard InChI is InChI=1S/C15H18N6O/c1-10-4-5-17-14(12(10)8-16)21-7-6-20(3)13(9-21)15-18-11(2)19-22-15/h4-5,13H,6-7,9H2,1-3H3. The van der Waals surface area contributed by atoms with Crippen LogP contribution in [-0.4, -0.2) is 46.7 Å². The average Bonchev–Trinajstić information content (AvgIpc) is 2.94. The minimum Gasteiger partial charge on any atom is -0.352 e. The molecule has 1 saturated heterocycles. The lowest BCUT2D eigenvalue weighted by Gasteiger charge is -2.38. The van der Waals surface area contributed by atoms with Crippen LogP contribution in [0.5, 0.6) is 0 Å². The maximum atomic E-state index is 9.40. The van der Waals surface area contributed by atoms with Gasteiger partial charge in [0, 0.05) is 25.8 Å². The summed E-state index contributed by atoms with van der Waals surface area (Å²) in [7, 11) is 2.04. The maximum Gasteiger partial charge on any atom is 0.245 e. The van der Waals surface area contributed by atoms with Gasteiger partial charge >= 0.3 is 0 Å². The predicted molar refractivity (Wildman–Crippen MR) is 80.3 cm³/mol. The number of aromatic nitrogens is 3. The maximum absolute atomic E-state index is 9.40. The van der Waals surface area contributed by atoms with Crippen LogP contribution in [0, 0.1) is 25.2 Å². The lowest BCUT2D eigenvalue weighted by Crippen LogP contribution is -2.47. The Morgan fingerprint density at radius 2 is 2.18 bits per heavy atom. The first-order valence-corrected chi connectivity index (χ1v) is 7.21. The summed E-state index contributed by atoms with van der Waals surface area (Å²) in [5, 5.41) is 13.3. The third-order valence-corrected chi connectivity index (χ3v) is 4.03. The number of likely N-dealkylation sites (N-methyl/N-ethyl adjacent to an activating group) is 1. The van der Waals surface area contributed by atoms with Crippen molar-refractivity contribution in [3.8, 4) is 6.07 Å². The molecular weight excluding hydrogens is 280 g/mol. The van der Waals surface area contributed by atoms with Crippen molar-refractivity contribution in [1.82, 2.24) is 20.0 Å². The molecule has 0 amide bonds. The van der Waals surface area contributed by atoms with E-state index in [4.69, 9.17) is 4.52 Å². The van der Waals surface area contributed by atoms with E-state index >= 15 is 0 Å². The fraction of sp³-hybridized carbons (Fsp3) is 0.467. The fourth-order valence-electron chi connectivity index (χ4n) is 2.70. The smallest absolute Gasteiger partial charge is 0.245 e. The molecule has 1 aliphatic heterocycles. The van der Waals surface area contributed by atoms with Gasteiger partial charge in [0.2, 0.25) is 5.89 Å². The molecule has 0 N–H and O–H groups in total. The summed E-state index contributed by atoms with van der Waals surface area (Å²) in [6.45, 7) is 6.06. The molecule has 0 radical (unpaired) electrons. The van der Waals surface area contributed by atoms with Crippen LogP contribution in [-0.2, 0) is 0 Å². The molecule has 7 heteroatoms. The number of aryl methyl sites for hydroxylation is 2. The van der Waals surface area contributed by atoms with Gasteiger partial charge in [0.05, 0.1) is 5.56 Å².